The number of nitrogens with zero attached hydrogens (tertiary/aromatic N) is 2. The van der Waals surface area contributed by atoms with Crippen LogP contribution in [0.4, 0.5) is 0 Å². The van der Waals surface area contributed by atoms with Crippen molar-refractivity contribution in [2.75, 3.05) is 0 Å². The fraction of sp³-hybridized carbons (Fsp3) is 0.0526. The van der Waals surface area contributed by atoms with E-state index in [1.165, 1.54) is 0 Å². The van der Waals surface area contributed by atoms with Crippen molar-refractivity contribution in [2.45, 2.75) is 6.61 Å². The highest BCUT2D eigenvalue weighted by atomic mass is 16.5. The SMILES string of the molecule is N#Cc1cc(-c2cccnc2)ccc1OCc1ccccc1. The van der Waals surface area contributed by atoms with Crippen LogP contribution in [0, 0.1) is 11.3 Å². The molecule has 3 aromatic rings. The molecule has 2 aromatic carbocycles. The summed E-state index contributed by atoms with van der Waals surface area (Å²) in [5.74, 6) is 0.596. The number of ether oxygens (including phenoxy) is 1. The first-order valence-electron chi connectivity index (χ1n) is 6.98. The number of aromatic nitrogens is 1. The summed E-state index contributed by atoms with van der Waals surface area (Å²) in [4.78, 5) is 4.10. The second kappa shape index (κ2) is 6.55. The van der Waals surface area contributed by atoms with Crippen LogP contribution in [-0.2, 0) is 6.61 Å². The quantitative estimate of drug-likeness (QED) is 0.722. The van der Waals surface area contributed by atoms with Gasteiger partial charge in [0.15, 0.2) is 0 Å². The van der Waals surface area contributed by atoms with Gasteiger partial charge in [-0.1, -0.05) is 42.5 Å². The number of rotatable bonds is 4. The average Bonchev–Trinajstić information content (AvgIpc) is 2.61. The lowest BCUT2D eigenvalue weighted by Crippen LogP contribution is -1.97. The summed E-state index contributed by atoms with van der Waals surface area (Å²) in [7, 11) is 0. The lowest BCUT2D eigenvalue weighted by atomic mass is 10.0. The summed E-state index contributed by atoms with van der Waals surface area (Å²) in [5, 5.41) is 9.34. The van der Waals surface area contributed by atoms with Crippen LogP contribution in [-0.4, -0.2) is 4.98 Å². The number of hydrogen-bond acceptors (Lipinski definition) is 3. The van der Waals surface area contributed by atoms with Crippen molar-refractivity contribution in [3.63, 3.8) is 0 Å². The Labute approximate surface area is 129 Å². The van der Waals surface area contributed by atoms with E-state index in [0.29, 0.717) is 17.9 Å². The molecule has 0 amide bonds. The zero-order valence-electron chi connectivity index (χ0n) is 11.9. The van der Waals surface area contributed by atoms with Crippen molar-refractivity contribution in [1.29, 1.82) is 5.26 Å². The molecule has 0 aliphatic rings. The van der Waals surface area contributed by atoms with Crippen molar-refractivity contribution in [2.24, 2.45) is 0 Å². The second-order valence-corrected chi connectivity index (χ2v) is 4.84. The summed E-state index contributed by atoms with van der Waals surface area (Å²) in [6, 6.07) is 21.5. The van der Waals surface area contributed by atoms with Gasteiger partial charge in [0.25, 0.3) is 0 Å². The molecule has 0 radical (unpaired) electrons. The van der Waals surface area contributed by atoms with E-state index in [1.54, 1.807) is 12.4 Å². The minimum absolute atomic E-state index is 0.446. The van der Waals surface area contributed by atoms with Crippen molar-refractivity contribution < 1.29 is 4.74 Å². The van der Waals surface area contributed by atoms with Gasteiger partial charge in [-0.05, 0) is 29.3 Å². The van der Waals surface area contributed by atoms with Gasteiger partial charge in [-0.3, -0.25) is 4.98 Å². The fourth-order valence-electron chi connectivity index (χ4n) is 2.19. The van der Waals surface area contributed by atoms with Gasteiger partial charge in [-0.2, -0.15) is 5.26 Å². The molecule has 3 rings (SSSR count). The van der Waals surface area contributed by atoms with Crippen molar-refractivity contribution in [3.8, 4) is 22.9 Å². The molecular weight excluding hydrogens is 272 g/mol. The number of nitriles is 1. The van der Waals surface area contributed by atoms with Crippen LogP contribution in [0.1, 0.15) is 11.1 Å². The molecule has 0 bridgehead atoms. The van der Waals surface area contributed by atoms with Gasteiger partial charge in [0.1, 0.15) is 18.4 Å². The Balaban J connectivity index is 1.83. The summed E-state index contributed by atoms with van der Waals surface area (Å²) in [6.07, 6.45) is 3.51. The summed E-state index contributed by atoms with van der Waals surface area (Å²) < 4.78 is 5.77. The van der Waals surface area contributed by atoms with Crippen molar-refractivity contribution in [1.82, 2.24) is 4.98 Å². The van der Waals surface area contributed by atoms with Crippen molar-refractivity contribution in [3.05, 3.63) is 84.2 Å². The molecule has 0 aliphatic carbocycles. The number of benzene rings is 2. The minimum Gasteiger partial charge on any atom is -0.488 e. The fourth-order valence-corrected chi connectivity index (χ4v) is 2.19. The second-order valence-electron chi connectivity index (χ2n) is 4.84. The Bertz CT molecular complexity index is 793. The first-order chi connectivity index (χ1) is 10.9. The molecule has 3 heteroatoms. The third kappa shape index (κ3) is 3.13. The predicted octanol–water partition coefficient (Wildman–Crippen LogP) is 4.20. The molecule has 106 valence electrons. The summed E-state index contributed by atoms with van der Waals surface area (Å²) >= 11 is 0. The average molecular weight is 286 g/mol. The van der Waals surface area contributed by atoms with E-state index < -0.39 is 0 Å². The summed E-state index contributed by atoms with van der Waals surface area (Å²) in [6.45, 7) is 0.446. The Hall–Kier alpha value is -3.12. The molecule has 0 saturated heterocycles. The Morgan fingerprint density at radius 3 is 2.55 bits per heavy atom. The highest BCUT2D eigenvalue weighted by molar-refractivity contribution is 5.66. The van der Waals surface area contributed by atoms with Crippen LogP contribution in [0.25, 0.3) is 11.1 Å². The minimum atomic E-state index is 0.446. The van der Waals surface area contributed by atoms with Crippen LogP contribution < -0.4 is 4.74 Å². The first-order valence-corrected chi connectivity index (χ1v) is 6.98. The molecule has 0 fully saturated rings. The van der Waals surface area contributed by atoms with Gasteiger partial charge >= 0.3 is 0 Å². The third-order valence-electron chi connectivity index (χ3n) is 3.33. The zero-order valence-corrected chi connectivity index (χ0v) is 11.9. The van der Waals surface area contributed by atoms with Crippen LogP contribution >= 0.6 is 0 Å². The molecule has 3 nitrogen and oxygen atoms in total. The van der Waals surface area contributed by atoms with Gasteiger partial charge in [0.2, 0.25) is 0 Å². The van der Waals surface area contributed by atoms with E-state index in [-0.39, 0.29) is 0 Å². The van der Waals surface area contributed by atoms with Gasteiger partial charge in [0, 0.05) is 18.0 Å². The molecule has 0 N–H and O–H groups in total. The van der Waals surface area contributed by atoms with Gasteiger partial charge in [-0.15, -0.1) is 0 Å². The van der Waals surface area contributed by atoms with Crippen LogP contribution in [0.3, 0.4) is 0 Å². The molecule has 0 unspecified atom stereocenters. The lowest BCUT2D eigenvalue weighted by molar-refractivity contribution is 0.305. The van der Waals surface area contributed by atoms with E-state index >= 15 is 0 Å². The third-order valence-corrected chi connectivity index (χ3v) is 3.33. The van der Waals surface area contributed by atoms with Crippen LogP contribution in [0.15, 0.2) is 73.1 Å². The molecule has 0 atom stereocenters. The summed E-state index contributed by atoms with van der Waals surface area (Å²) in [5.41, 5.74) is 3.53. The highest BCUT2D eigenvalue weighted by Crippen LogP contribution is 2.26. The lowest BCUT2D eigenvalue weighted by Gasteiger charge is -2.09. The van der Waals surface area contributed by atoms with Gasteiger partial charge in [-0.25, -0.2) is 0 Å². The molecule has 1 heterocycles. The molecule has 0 saturated carbocycles. The van der Waals surface area contributed by atoms with Crippen LogP contribution in [0.5, 0.6) is 5.75 Å². The van der Waals surface area contributed by atoms with Crippen molar-refractivity contribution >= 4 is 0 Å². The maximum atomic E-state index is 9.34. The van der Waals surface area contributed by atoms with E-state index in [9.17, 15) is 5.26 Å². The number of hydrogen-bond donors (Lipinski definition) is 0. The Morgan fingerprint density at radius 2 is 1.82 bits per heavy atom. The molecule has 22 heavy (non-hydrogen) atoms. The monoisotopic (exact) mass is 286 g/mol. The van der Waals surface area contributed by atoms with E-state index in [0.717, 1.165) is 16.7 Å². The molecule has 1 aromatic heterocycles. The van der Waals surface area contributed by atoms with Gasteiger partial charge in [0.05, 0.1) is 5.56 Å². The molecule has 0 aliphatic heterocycles. The normalized spacial score (nSPS) is 9.95. The van der Waals surface area contributed by atoms with E-state index in [1.807, 2.05) is 60.7 Å². The number of pyridine rings is 1. The highest BCUT2D eigenvalue weighted by Gasteiger charge is 2.07. The first kappa shape index (κ1) is 13.8. The van der Waals surface area contributed by atoms with Gasteiger partial charge < -0.3 is 4.74 Å². The Morgan fingerprint density at radius 1 is 0.955 bits per heavy atom. The predicted molar refractivity (Wildman–Crippen MR) is 85.2 cm³/mol. The largest absolute Gasteiger partial charge is 0.488 e. The topological polar surface area (TPSA) is 45.9 Å². The standard InChI is InChI=1S/C19H14N2O/c20-12-18-11-16(17-7-4-10-21-13-17)8-9-19(18)22-14-15-5-2-1-3-6-15/h1-11,13H,14H2. The van der Waals surface area contributed by atoms with E-state index in [4.69, 9.17) is 4.74 Å². The smallest absolute Gasteiger partial charge is 0.137 e. The zero-order chi connectivity index (χ0) is 15.2. The maximum Gasteiger partial charge on any atom is 0.137 e. The maximum absolute atomic E-state index is 9.34. The molecule has 0 spiro atoms. The van der Waals surface area contributed by atoms with E-state index in [2.05, 4.69) is 11.1 Å². The molecular formula is C19H14N2O. The Kier molecular flexibility index (Phi) is 4.12. The van der Waals surface area contributed by atoms with Crippen LogP contribution in [0.2, 0.25) is 0 Å².